The second-order valence-corrected chi connectivity index (χ2v) is 4.06. The van der Waals surface area contributed by atoms with Gasteiger partial charge < -0.3 is 5.73 Å². The number of rotatable bonds is 4. The fourth-order valence-corrected chi connectivity index (χ4v) is 1.82. The predicted octanol–water partition coefficient (Wildman–Crippen LogP) is 2.86. The summed E-state index contributed by atoms with van der Waals surface area (Å²) in [4.78, 5) is 1.31. The fourth-order valence-electron chi connectivity index (χ4n) is 1.34. The van der Waals surface area contributed by atoms with Crippen LogP contribution >= 0.6 is 11.8 Å². The summed E-state index contributed by atoms with van der Waals surface area (Å²) in [5.74, 6) is 0. The molecule has 1 aromatic carbocycles. The van der Waals surface area contributed by atoms with Crippen molar-refractivity contribution in [3.8, 4) is 0 Å². The van der Waals surface area contributed by atoms with Gasteiger partial charge in [-0.15, -0.1) is 11.8 Å². The summed E-state index contributed by atoms with van der Waals surface area (Å²) in [6, 6.07) is 8.61. The predicted molar refractivity (Wildman–Crippen MR) is 64.7 cm³/mol. The van der Waals surface area contributed by atoms with Crippen LogP contribution in [0.25, 0.3) is 0 Å². The Hall–Kier alpha value is -0.730. The SMILES string of the molecule is C/C=C(\CN)Cc1cccc(SC)c1. The first-order valence-electron chi connectivity index (χ1n) is 4.77. The zero-order valence-corrected chi connectivity index (χ0v) is 9.60. The fraction of sp³-hybridized carbons (Fsp3) is 0.333. The van der Waals surface area contributed by atoms with Crippen LogP contribution in [0.5, 0.6) is 0 Å². The third-order valence-electron chi connectivity index (χ3n) is 2.24. The molecule has 76 valence electrons. The van der Waals surface area contributed by atoms with Crippen molar-refractivity contribution in [3.63, 3.8) is 0 Å². The van der Waals surface area contributed by atoms with Gasteiger partial charge in [0.15, 0.2) is 0 Å². The summed E-state index contributed by atoms with van der Waals surface area (Å²) in [5.41, 5.74) is 8.27. The standard InChI is InChI=1S/C12H17NS/c1-3-10(9-13)7-11-5-4-6-12(8-11)14-2/h3-6,8H,7,9,13H2,1-2H3/b10-3-. The molecule has 0 radical (unpaired) electrons. The van der Waals surface area contributed by atoms with Crippen LogP contribution in [-0.4, -0.2) is 12.8 Å². The highest BCUT2D eigenvalue weighted by atomic mass is 32.2. The van der Waals surface area contributed by atoms with E-state index in [0.717, 1.165) is 6.42 Å². The van der Waals surface area contributed by atoms with E-state index < -0.39 is 0 Å². The normalized spacial score (nSPS) is 11.8. The number of nitrogens with two attached hydrogens (primary N) is 1. The van der Waals surface area contributed by atoms with E-state index in [0.29, 0.717) is 6.54 Å². The molecule has 0 saturated carbocycles. The second-order valence-electron chi connectivity index (χ2n) is 3.18. The number of hydrogen-bond donors (Lipinski definition) is 1. The summed E-state index contributed by atoms with van der Waals surface area (Å²) < 4.78 is 0. The zero-order valence-electron chi connectivity index (χ0n) is 8.79. The first-order valence-corrected chi connectivity index (χ1v) is 5.99. The molecule has 0 heterocycles. The lowest BCUT2D eigenvalue weighted by Gasteiger charge is -2.05. The topological polar surface area (TPSA) is 26.0 Å². The van der Waals surface area contributed by atoms with E-state index in [1.807, 2.05) is 6.92 Å². The van der Waals surface area contributed by atoms with Crippen molar-refractivity contribution in [1.82, 2.24) is 0 Å². The van der Waals surface area contributed by atoms with E-state index in [2.05, 4.69) is 36.6 Å². The van der Waals surface area contributed by atoms with Crippen LogP contribution in [0.15, 0.2) is 40.8 Å². The van der Waals surface area contributed by atoms with Crippen molar-refractivity contribution in [2.75, 3.05) is 12.8 Å². The molecule has 0 aliphatic carbocycles. The number of allylic oxidation sites excluding steroid dienone is 1. The lowest BCUT2D eigenvalue weighted by atomic mass is 10.1. The summed E-state index contributed by atoms with van der Waals surface area (Å²) in [5, 5.41) is 0. The van der Waals surface area contributed by atoms with Gasteiger partial charge in [0, 0.05) is 11.4 Å². The molecule has 0 fully saturated rings. The molecule has 0 aromatic heterocycles. The molecule has 2 heteroatoms. The molecule has 0 atom stereocenters. The van der Waals surface area contributed by atoms with Crippen LogP contribution in [0.4, 0.5) is 0 Å². The smallest absolute Gasteiger partial charge is 0.0140 e. The van der Waals surface area contributed by atoms with Crippen LogP contribution in [0.2, 0.25) is 0 Å². The molecule has 0 aliphatic heterocycles. The van der Waals surface area contributed by atoms with E-state index >= 15 is 0 Å². The summed E-state index contributed by atoms with van der Waals surface area (Å²) in [6.07, 6.45) is 5.17. The lowest BCUT2D eigenvalue weighted by molar-refractivity contribution is 1.03. The number of thioether (sulfide) groups is 1. The molecule has 0 unspecified atom stereocenters. The van der Waals surface area contributed by atoms with Crippen molar-refractivity contribution in [2.24, 2.45) is 5.73 Å². The Kier molecular flexibility index (Phi) is 4.77. The molecule has 2 N–H and O–H groups in total. The van der Waals surface area contributed by atoms with Gasteiger partial charge in [-0.25, -0.2) is 0 Å². The van der Waals surface area contributed by atoms with E-state index in [1.54, 1.807) is 11.8 Å². The largest absolute Gasteiger partial charge is 0.327 e. The average Bonchev–Trinajstić information content (AvgIpc) is 2.26. The van der Waals surface area contributed by atoms with Gasteiger partial charge in [0.05, 0.1) is 0 Å². The summed E-state index contributed by atoms with van der Waals surface area (Å²) >= 11 is 1.77. The van der Waals surface area contributed by atoms with Gasteiger partial charge in [0.1, 0.15) is 0 Å². The monoisotopic (exact) mass is 207 g/mol. The minimum atomic E-state index is 0.653. The van der Waals surface area contributed by atoms with Gasteiger partial charge in [0.2, 0.25) is 0 Å². The molecule has 1 rings (SSSR count). The number of hydrogen-bond acceptors (Lipinski definition) is 2. The van der Waals surface area contributed by atoms with Gasteiger partial charge in [-0.2, -0.15) is 0 Å². The molecule has 0 amide bonds. The van der Waals surface area contributed by atoms with Crippen LogP contribution in [-0.2, 0) is 6.42 Å². The Morgan fingerprint density at radius 3 is 2.86 bits per heavy atom. The van der Waals surface area contributed by atoms with Crippen LogP contribution in [0.3, 0.4) is 0 Å². The Morgan fingerprint density at radius 2 is 2.29 bits per heavy atom. The average molecular weight is 207 g/mol. The maximum Gasteiger partial charge on any atom is 0.0140 e. The first kappa shape index (κ1) is 11.3. The van der Waals surface area contributed by atoms with Gasteiger partial charge in [-0.3, -0.25) is 0 Å². The quantitative estimate of drug-likeness (QED) is 0.607. The van der Waals surface area contributed by atoms with Crippen LogP contribution in [0.1, 0.15) is 12.5 Å². The van der Waals surface area contributed by atoms with Crippen molar-refractivity contribution >= 4 is 11.8 Å². The van der Waals surface area contributed by atoms with Crippen molar-refractivity contribution in [3.05, 3.63) is 41.5 Å². The Balaban J connectivity index is 2.76. The highest BCUT2D eigenvalue weighted by molar-refractivity contribution is 7.98. The van der Waals surface area contributed by atoms with Crippen molar-refractivity contribution in [1.29, 1.82) is 0 Å². The minimum absolute atomic E-state index is 0.653. The minimum Gasteiger partial charge on any atom is -0.327 e. The zero-order chi connectivity index (χ0) is 10.4. The van der Waals surface area contributed by atoms with Gasteiger partial charge in [-0.1, -0.05) is 23.8 Å². The lowest BCUT2D eigenvalue weighted by Crippen LogP contribution is -2.05. The molecule has 0 aliphatic rings. The van der Waals surface area contributed by atoms with Crippen LogP contribution in [0, 0.1) is 0 Å². The molecule has 1 nitrogen and oxygen atoms in total. The Bertz CT molecular complexity index is 318. The summed E-state index contributed by atoms with van der Waals surface area (Å²) in [6.45, 7) is 2.70. The van der Waals surface area contributed by atoms with Gasteiger partial charge in [-0.05, 0) is 37.3 Å². The molecular formula is C12H17NS. The third-order valence-corrected chi connectivity index (χ3v) is 2.96. The van der Waals surface area contributed by atoms with Gasteiger partial charge in [0.25, 0.3) is 0 Å². The molecule has 0 saturated heterocycles. The molecule has 0 bridgehead atoms. The van der Waals surface area contributed by atoms with E-state index in [1.165, 1.54) is 16.0 Å². The van der Waals surface area contributed by atoms with Crippen molar-refractivity contribution < 1.29 is 0 Å². The Labute approximate surface area is 90.4 Å². The van der Waals surface area contributed by atoms with E-state index in [9.17, 15) is 0 Å². The van der Waals surface area contributed by atoms with Gasteiger partial charge >= 0.3 is 0 Å². The molecule has 0 spiro atoms. The van der Waals surface area contributed by atoms with E-state index in [4.69, 9.17) is 5.73 Å². The molecule has 14 heavy (non-hydrogen) atoms. The maximum atomic E-state index is 5.63. The highest BCUT2D eigenvalue weighted by Crippen LogP contribution is 2.17. The second kappa shape index (κ2) is 5.89. The summed E-state index contributed by atoms with van der Waals surface area (Å²) in [7, 11) is 0. The number of benzene rings is 1. The molecule has 1 aromatic rings. The Morgan fingerprint density at radius 1 is 1.50 bits per heavy atom. The van der Waals surface area contributed by atoms with E-state index in [-0.39, 0.29) is 0 Å². The van der Waals surface area contributed by atoms with Crippen molar-refractivity contribution in [2.45, 2.75) is 18.2 Å². The highest BCUT2D eigenvalue weighted by Gasteiger charge is 1.98. The third kappa shape index (κ3) is 3.20. The maximum absolute atomic E-state index is 5.63. The molecular weight excluding hydrogens is 190 g/mol. The first-order chi connectivity index (χ1) is 6.80. The van der Waals surface area contributed by atoms with Crippen LogP contribution < -0.4 is 5.73 Å².